The van der Waals surface area contributed by atoms with Crippen molar-refractivity contribution in [1.82, 2.24) is 0 Å². The fraction of sp³-hybridized carbons (Fsp3) is 0.333. The van der Waals surface area contributed by atoms with Crippen LogP contribution in [0.3, 0.4) is 0 Å². The lowest BCUT2D eigenvalue weighted by molar-refractivity contribution is 0.570. The van der Waals surface area contributed by atoms with Crippen LogP contribution in [0.2, 0.25) is 0 Å². The first-order valence-electron chi connectivity index (χ1n) is 8.80. The average Bonchev–Trinajstić information content (AvgIpc) is 2.52. The maximum atomic E-state index is 2.41. The maximum absolute atomic E-state index is 2.41. The van der Waals surface area contributed by atoms with E-state index in [4.69, 9.17) is 0 Å². The standard InChI is InChI=1S/C24H28/c1-23(2,3)20-13-14-21(22(16-20)24(4,5)6)19-12-11-17-9-7-8-10-18(17)15-19/h7-16H,1-6H3. The highest BCUT2D eigenvalue weighted by Gasteiger charge is 2.22. The van der Waals surface area contributed by atoms with Crippen molar-refractivity contribution in [1.29, 1.82) is 0 Å². The van der Waals surface area contributed by atoms with E-state index >= 15 is 0 Å². The van der Waals surface area contributed by atoms with Crippen molar-refractivity contribution in [2.75, 3.05) is 0 Å². The molecule has 0 radical (unpaired) electrons. The van der Waals surface area contributed by atoms with Crippen LogP contribution in [0, 0.1) is 0 Å². The monoisotopic (exact) mass is 316 g/mol. The van der Waals surface area contributed by atoms with Gasteiger partial charge in [-0.2, -0.15) is 0 Å². The Morgan fingerprint density at radius 2 is 1.25 bits per heavy atom. The third-order valence-electron chi connectivity index (χ3n) is 4.75. The van der Waals surface area contributed by atoms with E-state index in [9.17, 15) is 0 Å². The van der Waals surface area contributed by atoms with Gasteiger partial charge in [0.1, 0.15) is 0 Å². The summed E-state index contributed by atoms with van der Waals surface area (Å²) >= 11 is 0. The van der Waals surface area contributed by atoms with Crippen molar-refractivity contribution >= 4 is 10.8 Å². The number of benzene rings is 3. The largest absolute Gasteiger partial charge is 0.0616 e. The van der Waals surface area contributed by atoms with Crippen molar-refractivity contribution < 1.29 is 0 Å². The van der Waals surface area contributed by atoms with Crippen molar-refractivity contribution in [3.05, 3.63) is 71.8 Å². The van der Waals surface area contributed by atoms with E-state index in [1.165, 1.54) is 33.0 Å². The summed E-state index contributed by atoms with van der Waals surface area (Å²) in [7, 11) is 0. The van der Waals surface area contributed by atoms with Gasteiger partial charge in [0.05, 0.1) is 0 Å². The Balaban J connectivity index is 2.22. The predicted molar refractivity (Wildman–Crippen MR) is 107 cm³/mol. The van der Waals surface area contributed by atoms with Crippen LogP contribution in [0.15, 0.2) is 60.7 Å². The second kappa shape index (κ2) is 5.77. The van der Waals surface area contributed by atoms with Gasteiger partial charge in [-0.3, -0.25) is 0 Å². The van der Waals surface area contributed by atoms with Crippen molar-refractivity contribution in [3.63, 3.8) is 0 Å². The fourth-order valence-electron chi connectivity index (χ4n) is 3.24. The van der Waals surface area contributed by atoms with Gasteiger partial charge >= 0.3 is 0 Å². The summed E-state index contributed by atoms with van der Waals surface area (Å²) in [6.07, 6.45) is 0. The van der Waals surface area contributed by atoms with Crippen LogP contribution in [0.4, 0.5) is 0 Å². The fourth-order valence-corrected chi connectivity index (χ4v) is 3.24. The quantitative estimate of drug-likeness (QED) is 0.449. The Bertz CT molecular complexity index is 870. The molecule has 0 saturated heterocycles. The van der Waals surface area contributed by atoms with Crippen LogP contribution in [0.25, 0.3) is 21.9 Å². The van der Waals surface area contributed by atoms with Gasteiger partial charge in [0.25, 0.3) is 0 Å². The molecule has 0 amide bonds. The molecule has 3 aromatic carbocycles. The Kier molecular flexibility index (Phi) is 4.03. The van der Waals surface area contributed by atoms with Crippen LogP contribution < -0.4 is 0 Å². The van der Waals surface area contributed by atoms with Crippen molar-refractivity contribution in [3.8, 4) is 11.1 Å². The SMILES string of the molecule is CC(C)(C)c1ccc(-c2ccc3ccccc3c2)c(C(C)(C)C)c1. The molecular weight excluding hydrogens is 288 g/mol. The molecule has 0 atom stereocenters. The van der Waals surface area contributed by atoms with E-state index in [0.717, 1.165) is 0 Å². The third kappa shape index (κ3) is 3.24. The molecule has 0 unspecified atom stereocenters. The van der Waals surface area contributed by atoms with E-state index in [0.29, 0.717) is 0 Å². The minimum absolute atomic E-state index is 0.113. The molecular formula is C24H28. The van der Waals surface area contributed by atoms with Crippen LogP contribution in [-0.4, -0.2) is 0 Å². The van der Waals surface area contributed by atoms with Crippen LogP contribution >= 0.6 is 0 Å². The summed E-state index contributed by atoms with van der Waals surface area (Å²) in [5.41, 5.74) is 5.76. The highest BCUT2D eigenvalue weighted by Crippen LogP contribution is 2.37. The summed E-state index contributed by atoms with van der Waals surface area (Å²) in [6, 6.07) is 22.4. The Morgan fingerprint density at radius 3 is 1.88 bits per heavy atom. The summed E-state index contributed by atoms with van der Waals surface area (Å²) in [5, 5.41) is 2.60. The molecule has 24 heavy (non-hydrogen) atoms. The van der Waals surface area contributed by atoms with E-state index in [1.54, 1.807) is 0 Å². The molecule has 0 nitrogen and oxygen atoms in total. The van der Waals surface area contributed by atoms with Crippen LogP contribution in [0.1, 0.15) is 52.7 Å². The highest BCUT2D eigenvalue weighted by molar-refractivity contribution is 5.88. The molecule has 3 rings (SSSR count). The van der Waals surface area contributed by atoms with E-state index in [1.807, 2.05) is 0 Å². The normalized spacial score (nSPS) is 12.6. The number of fused-ring (bicyclic) bond motifs is 1. The topological polar surface area (TPSA) is 0 Å². The number of hydrogen-bond acceptors (Lipinski definition) is 0. The summed E-state index contributed by atoms with van der Waals surface area (Å²) in [4.78, 5) is 0. The second-order valence-corrected chi connectivity index (χ2v) is 8.82. The van der Waals surface area contributed by atoms with E-state index in [2.05, 4.69) is 102 Å². The van der Waals surface area contributed by atoms with Crippen LogP contribution in [-0.2, 0) is 10.8 Å². The van der Waals surface area contributed by atoms with Gasteiger partial charge in [-0.25, -0.2) is 0 Å². The smallest absolute Gasteiger partial charge is 0.0126 e. The molecule has 0 aliphatic rings. The number of hydrogen-bond donors (Lipinski definition) is 0. The lowest BCUT2D eigenvalue weighted by Gasteiger charge is -2.27. The lowest BCUT2D eigenvalue weighted by atomic mass is 9.77. The van der Waals surface area contributed by atoms with Crippen molar-refractivity contribution in [2.24, 2.45) is 0 Å². The molecule has 3 aromatic rings. The molecule has 0 aliphatic heterocycles. The van der Waals surface area contributed by atoms with E-state index in [-0.39, 0.29) is 10.8 Å². The minimum Gasteiger partial charge on any atom is -0.0616 e. The Morgan fingerprint density at radius 1 is 0.583 bits per heavy atom. The van der Waals surface area contributed by atoms with Gasteiger partial charge in [0.2, 0.25) is 0 Å². The van der Waals surface area contributed by atoms with Gasteiger partial charge in [-0.1, -0.05) is 96.1 Å². The molecule has 0 bridgehead atoms. The zero-order chi connectivity index (χ0) is 17.5. The molecule has 124 valence electrons. The zero-order valence-corrected chi connectivity index (χ0v) is 15.8. The average molecular weight is 316 g/mol. The Hall–Kier alpha value is -2.08. The summed E-state index contributed by atoms with van der Waals surface area (Å²) in [5.74, 6) is 0. The molecule has 0 aliphatic carbocycles. The molecule has 0 spiro atoms. The van der Waals surface area contributed by atoms with Crippen LogP contribution in [0.5, 0.6) is 0 Å². The first-order valence-corrected chi connectivity index (χ1v) is 8.80. The van der Waals surface area contributed by atoms with Crippen molar-refractivity contribution in [2.45, 2.75) is 52.4 Å². The van der Waals surface area contributed by atoms with Gasteiger partial charge < -0.3 is 0 Å². The van der Waals surface area contributed by atoms with E-state index < -0.39 is 0 Å². The van der Waals surface area contributed by atoms with Gasteiger partial charge in [0.15, 0.2) is 0 Å². The summed E-state index contributed by atoms with van der Waals surface area (Å²) < 4.78 is 0. The number of rotatable bonds is 1. The highest BCUT2D eigenvalue weighted by atomic mass is 14.3. The minimum atomic E-state index is 0.113. The van der Waals surface area contributed by atoms with Gasteiger partial charge in [0, 0.05) is 0 Å². The maximum Gasteiger partial charge on any atom is -0.0126 e. The molecule has 0 fully saturated rings. The third-order valence-corrected chi connectivity index (χ3v) is 4.75. The first kappa shape index (κ1) is 16.8. The lowest BCUT2D eigenvalue weighted by Crippen LogP contribution is -2.17. The molecule has 0 N–H and O–H groups in total. The molecule has 0 saturated carbocycles. The zero-order valence-electron chi connectivity index (χ0n) is 15.8. The molecule has 0 heterocycles. The summed E-state index contributed by atoms with van der Waals surface area (Å²) in [6.45, 7) is 13.8. The predicted octanol–water partition coefficient (Wildman–Crippen LogP) is 7.10. The Labute approximate surface area is 146 Å². The second-order valence-electron chi connectivity index (χ2n) is 8.82. The van der Waals surface area contributed by atoms with Gasteiger partial charge in [-0.05, 0) is 49.9 Å². The first-order chi connectivity index (χ1) is 11.2. The molecule has 0 heteroatoms. The van der Waals surface area contributed by atoms with Gasteiger partial charge in [-0.15, -0.1) is 0 Å². The molecule has 0 aromatic heterocycles.